The molecule has 0 aliphatic heterocycles. The first-order valence-electron chi connectivity index (χ1n) is 6.31. The number of nitrogens with zero attached hydrogens (tertiary/aromatic N) is 1. The number of nitrogens with one attached hydrogen (secondary N) is 1. The van der Waals surface area contributed by atoms with Crippen molar-refractivity contribution in [2.24, 2.45) is 0 Å². The minimum absolute atomic E-state index is 0.105. The Bertz CT molecular complexity index is 751. The zero-order valence-corrected chi connectivity index (χ0v) is 10.7. The maximum atomic E-state index is 9.48. The number of phenols is 2. The van der Waals surface area contributed by atoms with Gasteiger partial charge in [-0.05, 0) is 29.8 Å². The first-order valence-corrected chi connectivity index (χ1v) is 6.31. The van der Waals surface area contributed by atoms with Crippen LogP contribution in [0.25, 0.3) is 10.8 Å². The normalized spacial score (nSPS) is 10.6. The molecule has 0 aliphatic carbocycles. The first kappa shape index (κ1) is 12.3. The average molecular weight is 266 g/mol. The van der Waals surface area contributed by atoms with E-state index in [4.69, 9.17) is 0 Å². The molecule has 0 spiro atoms. The Morgan fingerprint density at radius 2 is 1.90 bits per heavy atom. The van der Waals surface area contributed by atoms with E-state index >= 15 is 0 Å². The Hall–Kier alpha value is -2.75. The predicted molar refractivity (Wildman–Crippen MR) is 78.8 cm³/mol. The molecule has 4 heteroatoms. The lowest BCUT2D eigenvalue weighted by Gasteiger charge is -2.10. The summed E-state index contributed by atoms with van der Waals surface area (Å²) in [5, 5.41) is 24.3. The Balaban J connectivity index is 1.85. The van der Waals surface area contributed by atoms with Gasteiger partial charge >= 0.3 is 0 Å². The number of benzene rings is 2. The Labute approximate surface area is 116 Å². The van der Waals surface area contributed by atoms with Gasteiger partial charge in [-0.15, -0.1) is 0 Å². The predicted octanol–water partition coefficient (Wildman–Crippen LogP) is 3.26. The van der Waals surface area contributed by atoms with Gasteiger partial charge in [0.05, 0.1) is 0 Å². The molecule has 100 valence electrons. The molecular weight excluding hydrogens is 252 g/mol. The largest absolute Gasteiger partial charge is 0.504 e. The zero-order chi connectivity index (χ0) is 13.9. The minimum atomic E-state index is -0.106. The number of phenolic OH excluding ortho intramolecular Hbond substituents is 2. The van der Waals surface area contributed by atoms with E-state index in [-0.39, 0.29) is 11.5 Å². The highest BCUT2D eigenvalue weighted by atomic mass is 16.3. The molecule has 0 fully saturated rings. The van der Waals surface area contributed by atoms with Crippen molar-refractivity contribution in [1.82, 2.24) is 4.98 Å². The van der Waals surface area contributed by atoms with Crippen molar-refractivity contribution in [1.29, 1.82) is 0 Å². The summed E-state index contributed by atoms with van der Waals surface area (Å²) in [5.41, 5.74) is 1.91. The number of anilines is 1. The van der Waals surface area contributed by atoms with Crippen LogP contribution < -0.4 is 5.32 Å². The minimum Gasteiger partial charge on any atom is -0.504 e. The van der Waals surface area contributed by atoms with Gasteiger partial charge in [0.1, 0.15) is 0 Å². The van der Waals surface area contributed by atoms with Gasteiger partial charge in [0.25, 0.3) is 0 Å². The molecule has 0 radical (unpaired) electrons. The average Bonchev–Trinajstić information content (AvgIpc) is 2.48. The highest BCUT2D eigenvalue weighted by Gasteiger charge is 2.03. The highest BCUT2D eigenvalue weighted by molar-refractivity contribution is 5.93. The third kappa shape index (κ3) is 2.36. The monoisotopic (exact) mass is 266 g/mol. The summed E-state index contributed by atoms with van der Waals surface area (Å²) in [4.78, 5) is 4.10. The van der Waals surface area contributed by atoms with E-state index in [9.17, 15) is 10.2 Å². The van der Waals surface area contributed by atoms with Gasteiger partial charge in [0.2, 0.25) is 0 Å². The van der Waals surface area contributed by atoms with Crippen LogP contribution in [0.1, 0.15) is 5.56 Å². The molecule has 0 unspecified atom stereocenters. The van der Waals surface area contributed by atoms with Crippen molar-refractivity contribution in [2.75, 3.05) is 5.32 Å². The SMILES string of the molecule is Oc1ccc(CNc2cccc3cnccc23)cc1O. The number of hydrogen-bond donors (Lipinski definition) is 3. The van der Waals surface area contributed by atoms with Crippen LogP contribution >= 0.6 is 0 Å². The van der Waals surface area contributed by atoms with Gasteiger partial charge in [0.15, 0.2) is 11.5 Å². The molecule has 2 aromatic carbocycles. The standard InChI is InChI=1S/C16H14N2O2/c19-15-5-4-11(8-16(15)20)9-18-14-3-1-2-12-10-17-7-6-13(12)14/h1-8,10,18-20H,9H2. The summed E-state index contributed by atoms with van der Waals surface area (Å²) < 4.78 is 0. The zero-order valence-electron chi connectivity index (χ0n) is 10.7. The summed E-state index contributed by atoms with van der Waals surface area (Å²) in [6, 6.07) is 12.8. The quantitative estimate of drug-likeness (QED) is 0.637. The van der Waals surface area contributed by atoms with Crippen molar-refractivity contribution < 1.29 is 10.2 Å². The molecule has 1 heterocycles. The van der Waals surface area contributed by atoms with Crippen LogP contribution in [0, 0.1) is 0 Å². The summed E-state index contributed by atoms with van der Waals surface area (Å²) in [7, 11) is 0. The second-order valence-electron chi connectivity index (χ2n) is 4.58. The molecule has 4 nitrogen and oxygen atoms in total. The van der Waals surface area contributed by atoms with E-state index < -0.39 is 0 Å². The smallest absolute Gasteiger partial charge is 0.157 e. The molecule has 1 aromatic heterocycles. The topological polar surface area (TPSA) is 65.4 Å². The van der Waals surface area contributed by atoms with Gasteiger partial charge in [-0.2, -0.15) is 0 Å². The van der Waals surface area contributed by atoms with Crippen molar-refractivity contribution in [2.45, 2.75) is 6.54 Å². The Kier molecular flexibility index (Phi) is 3.13. The molecule has 0 amide bonds. The van der Waals surface area contributed by atoms with E-state index in [1.165, 1.54) is 6.07 Å². The summed E-state index contributed by atoms with van der Waals surface area (Å²) in [6.45, 7) is 0.565. The molecule has 0 aliphatic rings. The van der Waals surface area contributed by atoms with Gasteiger partial charge in [0, 0.05) is 35.4 Å². The molecule has 0 saturated carbocycles. The Morgan fingerprint density at radius 1 is 1.00 bits per heavy atom. The van der Waals surface area contributed by atoms with Crippen LogP contribution in [0.15, 0.2) is 54.9 Å². The Morgan fingerprint density at radius 3 is 2.75 bits per heavy atom. The maximum Gasteiger partial charge on any atom is 0.157 e. The van der Waals surface area contributed by atoms with Crippen molar-refractivity contribution in [3.63, 3.8) is 0 Å². The molecule has 0 bridgehead atoms. The fourth-order valence-electron chi connectivity index (χ4n) is 2.15. The third-order valence-corrected chi connectivity index (χ3v) is 3.20. The van der Waals surface area contributed by atoms with Crippen molar-refractivity contribution in [3.05, 3.63) is 60.4 Å². The fraction of sp³-hybridized carbons (Fsp3) is 0.0625. The van der Waals surface area contributed by atoms with Crippen LogP contribution in [0.5, 0.6) is 11.5 Å². The van der Waals surface area contributed by atoms with E-state index in [2.05, 4.69) is 10.3 Å². The lowest BCUT2D eigenvalue weighted by Crippen LogP contribution is -1.99. The molecule has 0 atom stereocenters. The van der Waals surface area contributed by atoms with E-state index in [0.29, 0.717) is 6.54 Å². The first-order chi connectivity index (χ1) is 9.74. The van der Waals surface area contributed by atoms with Gasteiger partial charge in [-0.3, -0.25) is 4.98 Å². The number of aromatic nitrogens is 1. The lowest BCUT2D eigenvalue weighted by atomic mass is 10.1. The molecule has 3 rings (SSSR count). The second-order valence-corrected chi connectivity index (χ2v) is 4.58. The molecule has 20 heavy (non-hydrogen) atoms. The molecule has 3 aromatic rings. The fourth-order valence-corrected chi connectivity index (χ4v) is 2.15. The van der Waals surface area contributed by atoms with Crippen molar-refractivity contribution >= 4 is 16.5 Å². The summed E-state index contributed by atoms with van der Waals surface area (Å²) >= 11 is 0. The van der Waals surface area contributed by atoms with Crippen molar-refractivity contribution in [3.8, 4) is 11.5 Å². The molecular formula is C16H14N2O2. The summed E-state index contributed by atoms with van der Waals surface area (Å²) in [5.74, 6) is -0.212. The lowest BCUT2D eigenvalue weighted by molar-refractivity contribution is 0.403. The van der Waals surface area contributed by atoms with E-state index in [1.54, 1.807) is 18.3 Å². The maximum absolute atomic E-state index is 9.48. The van der Waals surface area contributed by atoms with Crippen LogP contribution in [0.2, 0.25) is 0 Å². The molecule has 0 saturated heterocycles. The van der Waals surface area contributed by atoms with Crippen LogP contribution in [0.4, 0.5) is 5.69 Å². The number of rotatable bonds is 3. The van der Waals surface area contributed by atoms with Gasteiger partial charge < -0.3 is 15.5 Å². The van der Waals surface area contributed by atoms with Gasteiger partial charge in [-0.25, -0.2) is 0 Å². The third-order valence-electron chi connectivity index (χ3n) is 3.20. The second kappa shape index (κ2) is 5.09. The van der Waals surface area contributed by atoms with Crippen LogP contribution in [0.3, 0.4) is 0 Å². The number of fused-ring (bicyclic) bond motifs is 1. The van der Waals surface area contributed by atoms with Gasteiger partial charge in [-0.1, -0.05) is 18.2 Å². The van der Waals surface area contributed by atoms with E-state index in [0.717, 1.165) is 22.0 Å². The number of pyridine rings is 1. The van der Waals surface area contributed by atoms with Crippen LogP contribution in [-0.4, -0.2) is 15.2 Å². The number of aromatic hydroxyl groups is 2. The summed E-state index contributed by atoms with van der Waals surface area (Å²) in [6.07, 6.45) is 3.59. The highest BCUT2D eigenvalue weighted by Crippen LogP contribution is 2.26. The number of hydrogen-bond acceptors (Lipinski definition) is 4. The van der Waals surface area contributed by atoms with E-state index in [1.807, 2.05) is 30.5 Å². The van der Waals surface area contributed by atoms with Crippen LogP contribution in [-0.2, 0) is 6.54 Å². The molecule has 3 N–H and O–H groups in total.